The van der Waals surface area contributed by atoms with Crippen LogP contribution in [0, 0.1) is 6.92 Å². The zero-order valence-electron chi connectivity index (χ0n) is 15.0. The summed E-state index contributed by atoms with van der Waals surface area (Å²) in [4.78, 5) is 14.1. The van der Waals surface area contributed by atoms with E-state index in [1.54, 1.807) is 30.6 Å². The fourth-order valence-corrected chi connectivity index (χ4v) is 4.14. The molecule has 0 radical (unpaired) electrons. The minimum absolute atomic E-state index is 0.0668. The van der Waals surface area contributed by atoms with Crippen LogP contribution in [0.15, 0.2) is 69.1 Å². The van der Waals surface area contributed by atoms with Crippen molar-refractivity contribution in [2.24, 2.45) is 0 Å². The lowest BCUT2D eigenvalue weighted by Crippen LogP contribution is -2.29. The Morgan fingerprint density at radius 3 is 2.79 bits per heavy atom. The number of rotatable bonds is 6. The summed E-state index contributed by atoms with van der Waals surface area (Å²) in [6.07, 6.45) is 1.64. The fourth-order valence-electron chi connectivity index (χ4n) is 3.08. The van der Waals surface area contributed by atoms with Crippen LogP contribution in [0.4, 0.5) is 0 Å². The molecular formula is C21H17ClN2O3S. The summed E-state index contributed by atoms with van der Waals surface area (Å²) >= 11 is 7.91. The first-order valence-electron chi connectivity index (χ1n) is 8.71. The third kappa shape index (κ3) is 3.61. The molecule has 28 heavy (non-hydrogen) atoms. The number of halogens is 1. The van der Waals surface area contributed by atoms with Crippen LogP contribution < -0.4 is 5.32 Å². The molecule has 4 rings (SSSR count). The van der Waals surface area contributed by atoms with Crippen molar-refractivity contribution >= 4 is 28.8 Å². The number of aromatic nitrogens is 1. The van der Waals surface area contributed by atoms with Gasteiger partial charge in [0.25, 0.3) is 5.91 Å². The molecule has 0 saturated carbocycles. The van der Waals surface area contributed by atoms with Crippen LogP contribution in [-0.4, -0.2) is 17.6 Å². The summed E-state index contributed by atoms with van der Waals surface area (Å²) in [5.41, 5.74) is 1.48. The van der Waals surface area contributed by atoms with E-state index in [4.69, 9.17) is 20.5 Å². The second kappa shape index (κ2) is 8.04. The number of amides is 1. The zero-order chi connectivity index (χ0) is 19.5. The Kier molecular flexibility index (Phi) is 5.32. The molecule has 7 heteroatoms. The number of carbonyl (C=O) groups is 1. The highest BCUT2D eigenvalue weighted by molar-refractivity contribution is 7.10. The van der Waals surface area contributed by atoms with E-state index >= 15 is 0 Å². The maximum atomic E-state index is 13.0. The van der Waals surface area contributed by atoms with E-state index in [0.717, 1.165) is 10.6 Å². The molecule has 0 aliphatic heterocycles. The first-order valence-corrected chi connectivity index (χ1v) is 9.97. The van der Waals surface area contributed by atoms with E-state index in [9.17, 15) is 4.79 Å². The molecule has 142 valence electrons. The van der Waals surface area contributed by atoms with E-state index in [-0.39, 0.29) is 11.8 Å². The van der Waals surface area contributed by atoms with Crippen molar-refractivity contribution in [2.45, 2.75) is 12.8 Å². The van der Waals surface area contributed by atoms with Gasteiger partial charge in [0.1, 0.15) is 22.8 Å². The first kappa shape index (κ1) is 18.5. The molecule has 5 nitrogen and oxygen atoms in total. The van der Waals surface area contributed by atoms with E-state index < -0.39 is 0 Å². The van der Waals surface area contributed by atoms with Gasteiger partial charge in [-0.2, -0.15) is 0 Å². The van der Waals surface area contributed by atoms with Gasteiger partial charge in [0.15, 0.2) is 0 Å². The smallest absolute Gasteiger partial charge is 0.257 e. The Hall–Kier alpha value is -2.83. The minimum Gasteiger partial charge on any atom is -0.469 e. The molecule has 0 aliphatic rings. The predicted molar refractivity (Wildman–Crippen MR) is 109 cm³/mol. The lowest BCUT2D eigenvalue weighted by Gasteiger charge is -2.14. The van der Waals surface area contributed by atoms with Crippen molar-refractivity contribution in [1.29, 1.82) is 0 Å². The van der Waals surface area contributed by atoms with Gasteiger partial charge < -0.3 is 14.3 Å². The topological polar surface area (TPSA) is 68.3 Å². The molecule has 0 saturated heterocycles. The molecule has 1 aromatic carbocycles. The van der Waals surface area contributed by atoms with Gasteiger partial charge in [0.05, 0.1) is 17.2 Å². The van der Waals surface area contributed by atoms with Gasteiger partial charge in [-0.1, -0.05) is 41.0 Å². The van der Waals surface area contributed by atoms with Crippen LogP contribution in [0.5, 0.6) is 0 Å². The number of hydrogen-bond donors (Lipinski definition) is 1. The monoisotopic (exact) mass is 412 g/mol. The van der Waals surface area contributed by atoms with E-state index in [1.165, 1.54) is 0 Å². The maximum Gasteiger partial charge on any atom is 0.257 e. The maximum absolute atomic E-state index is 13.0. The van der Waals surface area contributed by atoms with Crippen LogP contribution in [0.1, 0.15) is 32.7 Å². The number of aryl methyl sites for hydroxylation is 1. The average Bonchev–Trinajstić information content (AvgIpc) is 3.44. The number of furan rings is 1. The number of thiophene rings is 1. The predicted octanol–water partition coefficient (Wildman–Crippen LogP) is 5.52. The molecule has 1 atom stereocenters. The quantitative estimate of drug-likeness (QED) is 0.452. The molecule has 0 aliphatic carbocycles. The summed E-state index contributed by atoms with van der Waals surface area (Å²) in [6, 6.07) is 15.0. The normalized spacial score (nSPS) is 12.1. The summed E-state index contributed by atoms with van der Waals surface area (Å²) in [6.45, 7) is 2.10. The highest BCUT2D eigenvalue weighted by Gasteiger charge is 2.25. The van der Waals surface area contributed by atoms with Crippen LogP contribution >= 0.6 is 22.9 Å². The number of nitrogens with zero attached hydrogens (tertiary/aromatic N) is 1. The Morgan fingerprint density at radius 1 is 1.21 bits per heavy atom. The van der Waals surface area contributed by atoms with Gasteiger partial charge in [-0.3, -0.25) is 4.79 Å². The summed E-state index contributed by atoms with van der Waals surface area (Å²) in [5, 5.41) is 9.57. The molecule has 1 amide bonds. The Morgan fingerprint density at radius 2 is 2.07 bits per heavy atom. The van der Waals surface area contributed by atoms with Crippen LogP contribution in [0.25, 0.3) is 11.3 Å². The largest absolute Gasteiger partial charge is 0.469 e. The van der Waals surface area contributed by atoms with Crippen molar-refractivity contribution in [3.05, 3.63) is 87.2 Å². The van der Waals surface area contributed by atoms with Gasteiger partial charge in [0, 0.05) is 17.0 Å². The Balaban J connectivity index is 1.59. The molecule has 4 aromatic rings. The fraction of sp³-hybridized carbons (Fsp3) is 0.143. The van der Waals surface area contributed by atoms with E-state index in [0.29, 0.717) is 34.1 Å². The van der Waals surface area contributed by atoms with Crippen molar-refractivity contribution in [3.8, 4) is 11.3 Å². The third-order valence-corrected chi connectivity index (χ3v) is 5.77. The van der Waals surface area contributed by atoms with Gasteiger partial charge in [-0.05, 0) is 36.6 Å². The average molecular weight is 413 g/mol. The molecule has 0 unspecified atom stereocenters. The van der Waals surface area contributed by atoms with Crippen LogP contribution in [-0.2, 0) is 0 Å². The van der Waals surface area contributed by atoms with Gasteiger partial charge >= 0.3 is 0 Å². The Bertz CT molecular complexity index is 1040. The van der Waals surface area contributed by atoms with Gasteiger partial charge in [0.2, 0.25) is 0 Å². The molecule has 1 N–H and O–H groups in total. The van der Waals surface area contributed by atoms with E-state index in [2.05, 4.69) is 10.5 Å². The number of hydrogen-bond acceptors (Lipinski definition) is 5. The standard InChI is InChI=1S/C21H17ClN2O3S/c1-13-19(20(24-27-13)14-6-2-3-7-16(14)22)21(25)23-12-15(17-8-4-10-26-17)18-9-5-11-28-18/h2-11,15H,12H2,1H3,(H,23,25)/t15-/m1/s1. The Labute approximate surface area is 170 Å². The molecule has 3 aromatic heterocycles. The first-order chi connectivity index (χ1) is 13.6. The lowest BCUT2D eigenvalue weighted by molar-refractivity contribution is 0.0951. The van der Waals surface area contributed by atoms with Gasteiger partial charge in [-0.25, -0.2) is 0 Å². The van der Waals surface area contributed by atoms with E-state index in [1.807, 2.05) is 47.8 Å². The lowest BCUT2D eigenvalue weighted by atomic mass is 10.0. The van der Waals surface area contributed by atoms with Crippen LogP contribution in [0.2, 0.25) is 5.02 Å². The van der Waals surface area contributed by atoms with Crippen molar-refractivity contribution in [2.75, 3.05) is 6.54 Å². The SMILES string of the molecule is Cc1onc(-c2ccccc2Cl)c1C(=O)NC[C@H](c1ccco1)c1cccs1. The van der Waals surface area contributed by atoms with Crippen molar-refractivity contribution in [3.63, 3.8) is 0 Å². The summed E-state index contributed by atoms with van der Waals surface area (Å²) in [7, 11) is 0. The number of nitrogens with one attached hydrogen (secondary N) is 1. The molecule has 3 heterocycles. The highest BCUT2D eigenvalue weighted by Crippen LogP contribution is 2.32. The number of benzene rings is 1. The molecule has 0 bridgehead atoms. The third-order valence-electron chi connectivity index (χ3n) is 4.46. The molecule has 0 fully saturated rings. The zero-order valence-corrected chi connectivity index (χ0v) is 16.6. The summed E-state index contributed by atoms with van der Waals surface area (Å²) < 4.78 is 10.9. The number of carbonyl (C=O) groups excluding carboxylic acids is 1. The second-order valence-corrected chi connectivity index (χ2v) is 7.62. The second-order valence-electron chi connectivity index (χ2n) is 6.24. The molecular weight excluding hydrogens is 396 g/mol. The minimum atomic E-state index is -0.262. The van der Waals surface area contributed by atoms with Crippen molar-refractivity contribution < 1.29 is 13.7 Å². The van der Waals surface area contributed by atoms with Crippen LogP contribution in [0.3, 0.4) is 0 Å². The summed E-state index contributed by atoms with van der Waals surface area (Å²) in [5.74, 6) is 0.916. The highest BCUT2D eigenvalue weighted by atomic mass is 35.5. The van der Waals surface area contributed by atoms with Crippen molar-refractivity contribution in [1.82, 2.24) is 10.5 Å². The molecule has 0 spiro atoms. The van der Waals surface area contributed by atoms with Gasteiger partial charge in [-0.15, -0.1) is 11.3 Å².